The summed E-state index contributed by atoms with van der Waals surface area (Å²) in [5.74, 6) is 1.23. The summed E-state index contributed by atoms with van der Waals surface area (Å²) in [5.41, 5.74) is 8.26. The standard InChI is InChI=1S/C19H24ClN5O/c1-2-13-3-4-16(14-9-17(22)23-10-15(14)20)25-18(13)24-12-19(11-21)5-7-26-8-6-19/h3-4,9-11,21H,2,5-8,12H2,1H3,(H2,22,23)(H,24,25). The van der Waals surface area contributed by atoms with Crippen LogP contribution in [0, 0.1) is 10.8 Å². The molecule has 7 heteroatoms. The fourth-order valence-corrected chi connectivity index (χ4v) is 3.34. The molecule has 1 aliphatic rings. The second kappa shape index (κ2) is 8.01. The van der Waals surface area contributed by atoms with Crippen molar-refractivity contribution in [2.24, 2.45) is 5.41 Å². The van der Waals surface area contributed by atoms with Gasteiger partial charge in [0.25, 0.3) is 0 Å². The molecule has 2 aromatic rings. The molecule has 1 fully saturated rings. The topological polar surface area (TPSA) is 96.9 Å². The van der Waals surface area contributed by atoms with E-state index < -0.39 is 0 Å². The third-order valence-electron chi connectivity index (χ3n) is 4.91. The zero-order valence-corrected chi connectivity index (χ0v) is 15.6. The first-order valence-corrected chi connectivity index (χ1v) is 9.19. The van der Waals surface area contributed by atoms with Crippen LogP contribution in [0.2, 0.25) is 5.02 Å². The van der Waals surface area contributed by atoms with Crippen molar-refractivity contribution < 1.29 is 4.74 Å². The number of nitrogen functional groups attached to an aromatic ring is 1. The van der Waals surface area contributed by atoms with Crippen molar-refractivity contribution in [3.63, 3.8) is 0 Å². The summed E-state index contributed by atoms with van der Waals surface area (Å²) in [6.45, 7) is 4.14. The Balaban J connectivity index is 1.88. The van der Waals surface area contributed by atoms with Gasteiger partial charge in [-0.05, 0) is 37.0 Å². The number of nitrogens with two attached hydrogens (primary N) is 1. The molecule has 4 N–H and O–H groups in total. The molecule has 0 spiro atoms. The fraction of sp³-hybridized carbons (Fsp3) is 0.421. The van der Waals surface area contributed by atoms with Gasteiger partial charge in [0, 0.05) is 43.1 Å². The molecule has 26 heavy (non-hydrogen) atoms. The van der Waals surface area contributed by atoms with Crippen molar-refractivity contribution in [1.82, 2.24) is 9.97 Å². The molecule has 0 radical (unpaired) electrons. The molecule has 0 amide bonds. The number of anilines is 2. The van der Waals surface area contributed by atoms with Gasteiger partial charge in [-0.25, -0.2) is 9.97 Å². The first-order chi connectivity index (χ1) is 12.6. The zero-order valence-electron chi connectivity index (χ0n) is 14.9. The number of hydrogen-bond acceptors (Lipinski definition) is 6. The highest BCUT2D eigenvalue weighted by Gasteiger charge is 2.30. The van der Waals surface area contributed by atoms with E-state index in [1.807, 2.05) is 6.07 Å². The van der Waals surface area contributed by atoms with E-state index in [4.69, 9.17) is 32.5 Å². The van der Waals surface area contributed by atoms with Crippen LogP contribution in [-0.4, -0.2) is 35.9 Å². The van der Waals surface area contributed by atoms with Gasteiger partial charge in [-0.2, -0.15) is 0 Å². The van der Waals surface area contributed by atoms with E-state index in [2.05, 4.69) is 23.3 Å². The molecule has 0 aliphatic carbocycles. The van der Waals surface area contributed by atoms with Crippen LogP contribution >= 0.6 is 11.6 Å². The summed E-state index contributed by atoms with van der Waals surface area (Å²) < 4.78 is 5.45. The van der Waals surface area contributed by atoms with E-state index in [9.17, 15) is 0 Å². The monoisotopic (exact) mass is 373 g/mol. The Bertz CT molecular complexity index is 789. The molecular weight excluding hydrogens is 350 g/mol. The number of aromatic nitrogens is 2. The van der Waals surface area contributed by atoms with E-state index in [0.717, 1.165) is 41.9 Å². The number of nitrogens with zero attached hydrogens (tertiary/aromatic N) is 2. The van der Waals surface area contributed by atoms with E-state index >= 15 is 0 Å². The first kappa shape index (κ1) is 18.6. The summed E-state index contributed by atoms with van der Waals surface area (Å²) in [4.78, 5) is 8.78. The Morgan fingerprint density at radius 2 is 2.15 bits per heavy atom. The minimum atomic E-state index is -0.181. The molecule has 3 heterocycles. The Hall–Kier alpha value is -2.18. The number of hydrogen-bond donors (Lipinski definition) is 3. The van der Waals surface area contributed by atoms with Gasteiger partial charge in [0.1, 0.15) is 11.6 Å². The third-order valence-corrected chi connectivity index (χ3v) is 5.22. The van der Waals surface area contributed by atoms with Crippen LogP contribution in [0.25, 0.3) is 11.3 Å². The maximum absolute atomic E-state index is 7.86. The molecule has 2 aromatic heterocycles. The van der Waals surface area contributed by atoms with Crippen LogP contribution in [-0.2, 0) is 11.2 Å². The largest absolute Gasteiger partial charge is 0.384 e. The van der Waals surface area contributed by atoms with Crippen LogP contribution in [0.3, 0.4) is 0 Å². The van der Waals surface area contributed by atoms with Gasteiger partial charge in [-0.15, -0.1) is 0 Å². The van der Waals surface area contributed by atoms with Crippen LogP contribution in [0.5, 0.6) is 0 Å². The van der Waals surface area contributed by atoms with Gasteiger partial charge in [0.2, 0.25) is 0 Å². The Labute approximate surface area is 158 Å². The smallest absolute Gasteiger partial charge is 0.129 e. The predicted molar refractivity (Wildman–Crippen MR) is 106 cm³/mol. The van der Waals surface area contributed by atoms with Crippen molar-refractivity contribution in [3.05, 3.63) is 35.0 Å². The quantitative estimate of drug-likeness (QED) is 0.669. The van der Waals surface area contributed by atoms with Crippen molar-refractivity contribution in [3.8, 4) is 11.3 Å². The molecule has 1 saturated heterocycles. The Morgan fingerprint density at radius 1 is 1.38 bits per heavy atom. The van der Waals surface area contributed by atoms with Crippen molar-refractivity contribution in [2.75, 3.05) is 30.8 Å². The average Bonchev–Trinajstić information content (AvgIpc) is 2.68. The van der Waals surface area contributed by atoms with Gasteiger partial charge in [-0.1, -0.05) is 24.6 Å². The highest BCUT2D eigenvalue weighted by atomic mass is 35.5. The second-order valence-corrected chi connectivity index (χ2v) is 7.03. The fourth-order valence-electron chi connectivity index (χ4n) is 3.14. The van der Waals surface area contributed by atoms with E-state index in [1.165, 1.54) is 0 Å². The molecule has 6 nitrogen and oxygen atoms in total. The Morgan fingerprint density at radius 3 is 2.85 bits per heavy atom. The summed E-state index contributed by atoms with van der Waals surface area (Å²) in [7, 11) is 0. The highest BCUT2D eigenvalue weighted by molar-refractivity contribution is 6.33. The van der Waals surface area contributed by atoms with Crippen molar-refractivity contribution in [1.29, 1.82) is 5.41 Å². The molecule has 0 unspecified atom stereocenters. The lowest BCUT2D eigenvalue weighted by Crippen LogP contribution is -2.37. The molecule has 3 rings (SSSR count). The number of nitrogens with one attached hydrogen (secondary N) is 2. The van der Waals surface area contributed by atoms with Crippen molar-refractivity contribution >= 4 is 29.5 Å². The van der Waals surface area contributed by atoms with Gasteiger partial charge in [0.05, 0.1) is 10.7 Å². The summed E-state index contributed by atoms with van der Waals surface area (Å²) in [5, 5.41) is 11.8. The number of pyridine rings is 2. The van der Waals surface area contributed by atoms with E-state index in [0.29, 0.717) is 30.6 Å². The summed E-state index contributed by atoms with van der Waals surface area (Å²) in [6.07, 6.45) is 5.65. The SMILES string of the molecule is CCc1ccc(-c2cc(N)ncc2Cl)nc1NCC1(C=N)CCOCC1. The lowest BCUT2D eigenvalue weighted by atomic mass is 9.81. The average molecular weight is 374 g/mol. The van der Waals surface area contributed by atoms with Gasteiger partial charge < -0.3 is 21.2 Å². The molecule has 138 valence electrons. The molecule has 0 saturated carbocycles. The molecular formula is C19H24ClN5O. The lowest BCUT2D eigenvalue weighted by molar-refractivity contribution is 0.0517. The van der Waals surface area contributed by atoms with Crippen molar-refractivity contribution in [2.45, 2.75) is 26.2 Å². The van der Waals surface area contributed by atoms with Crippen LogP contribution in [0.4, 0.5) is 11.6 Å². The van der Waals surface area contributed by atoms with E-state index in [1.54, 1.807) is 18.5 Å². The zero-order chi connectivity index (χ0) is 18.6. The molecule has 0 atom stereocenters. The minimum Gasteiger partial charge on any atom is -0.384 e. The van der Waals surface area contributed by atoms with Gasteiger partial charge in [-0.3, -0.25) is 0 Å². The minimum absolute atomic E-state index is 0.181. The number of ether oxygens (including phenoxy) is 1. The normalized spacial score (nSPS) is 16.2. The molecule has 1 aliphatic heterocycles. The summed E-state index contributed by atoms with van der Waals surface area (Å²) >= 11 is 6.28. The lowest BCUT2D eigenvalue weighted by Gasteiger charge is -2.33. The van der Waals surface area contributed by atoms with Gasteiger partial charge >= 0.3 is 0 Å². The maximum atomic E-state index is 7.86. The number of aryl methyl sites for hydroxylation is 1. The number of halogens is 1. The third kappa shape index (κ3) is 3.97. The van der Waals surface area contributed by atoms with Crippen LogP contribution in [0.15, 0.2) is 24.4 Å². The molecule has 0 bridgehead atoms. The first-order valence-electron chi connectivity index (χ1n) is 8.81. The van der Waals surface area contributed by atoms with Crippen LogP contribution in [0.1, 0.15) is 25.3 Å². The molecule has 0 aromatic carbocycles. The van der Waals surface area contributed by atoms with Crippen LogP contribution < -0.4 is 11.1 Å². The van der Waals surface area contributed by atoms with Gasteiger partial charge in [0.15, 0.2) is 0 Å². The Kier molecular flexibility index (Phi) is 5.74. The highest BCUT2D eigenvalue weighted by Crippen LogP contribution is 2.31. The second-order valence-electron chi connectivity index (χ2n) is 6.62. The maximum Gasteiger partial charge on any atom is 0.129 e. The van der Waals surface area contributed by atoms with E-state index in [-0.39, 0.29) is 5.41 Å². The summed E-state index contributed by atoms with van der Waals surface area (Å²) in [6, 6.07) is 5.74. The predicted octanol–water partition coefficient (Wildman–Crippen LogP) is 3.80. The number of rotatable bonds is 6.